The second kappa shape index (κ2) is 6.95. The highest BCUT2D eigenvalue weighted by atomic mass is 35.5. The number of rotatable bonds is 4. The lowest BCUT2D eigenvalue weighted by molar-refractivity contribution is -0.385. The Kier molecular flexibility index (Phi) is 5.20. The van der Waals surface area contributed by atoms with Gasteiger partial charge >= 0.3 is 5.97 Å². The average molecular weight is 341 g/mol. The van der Waals surface area contributed by atoms with Crippen LogP contribution in [0.15, 0.2) is 18.2 Å². The van der Waals surface area contributed by atoms with Gasteiger partial charge in [0.25, 0.3) is 11.6 Å². The van der Waals surface area contributed by atoms with Crippen LogP contribution in [0.25, 0.3) is 0 Å². The van der Waals surface area contributed by atoms with Gasteiger partial charge in [0.1, 0.15) is 11.1 Å². The largest absolute Gasteiger partial charge is 0.467 e. The molecule has 0 radical (unpaired) electrons. The van der Waals surface area contributed by atoms with Gasteiger partial charge in [0.15, 0.2) is 0 Å². The van der Waals surface area contributed by atoms with Crippen molar-refractivity contribution in [3.63, 3.8) is 0 Å². The van der Waals surface area contributed by atoms with E-state index in [1.54, 1.807) is 0 Å². The highest BCUT2D eigenvalue weighted by Gasteiger charge is 2.42. The zero-order chi connectivity index (χ0) is 17.0. The molecule has 124 valence electrons. The summed E-state index contributed by atoms with van der Waals surface area (Å²) in [6.45, 7) is 0. The topological polar surface area (TPSA) is 98.5 Å². The SMILES string of the molecule is COC(=O)C1(NC(=O)c2ccc(Cl)cc2[N+](=O)[O-])CCCCC1. The lowest BCUT2D eigenvalue weighted by atomic mass is 9.81. The Morgan fingerprint density at radius 1 is 1.30 bits per heavy atom. The fraction of sp³-hybridized carbons (Fsp3) is 0.467. The molecule has 0 atom stereocenters. The zero-order valence-electron chi connectivity index (χ0n) is 12.6. The summed E-state index contributed by atoms with van der Waals surface area (Å²) < 4.78 is 4.82. The first-order valence-corrected chi connectivity index (χ1v) is 7.62. The maximum Gasteiger partial charge on any atom is 0.331 e. The fourth-order valence-corrected chi connectivity index (χ4v) is 3.03. The van der Waals surface area contributed by atoms with E-state index < -0.39 is 28.0 Å². The number of carbonyl (C=O) groups is 2. The van der Waals surface area contributed by atoms with E-state index in [1.807, 2.05) is 0 Å². The molecule has 2 rings (SSSR count). The molecule has 1 aromatic carbocycles. The summed E-state index contributed by atoms with van der Waals surface area (Å²) in [5.41, 5.74) is -1.66. The fourth-order valence-electron chi connectivity index (χ4n) is 2.86. The van der Waals surface area contributed by atoms with Gasteiger partial charge in [0.05, 0.1) is 12.0 Å². The van der Waals surface area contributed by atoms with Crippen molar-refractivity contribution in [2.24, 2.45) is 0 Å². The molecule has 0 saturated heterocycles. The van der Waals surface area contributed by atoms with Crippen LogP contribution in [-0.2, 0) is 9.53 Å². The van der Waals surface area contributed by atoms with Crippen molar-refractivity contribution in [3.05, 3.63) is 38.9 Å². The number of amides is 1. The van der Waals surface area contributed by atoms with Crippen LogP contribution in [0.3, 0.4) is 0 Å². The number of halogens is 1. The maximum absolute atomic E-state index is 12.5. The normalized spacial score (nSPS) is 16.4. The Bertz CT molecular complexity index is 641. The van der Waals surface area contributed by atoms with Gasteiger partial charge in [-0.2, -0.15) is 0 Å². The van der Waals surface area contributed by atoms with Crippen molar-refractivity contribution in [3.8, 4) is 0 Å². The number of carbonyl (C=O) groups excluding carboxylic acids is 2. The van der Waals surface area contributed by atoms with E-state index in [2.05, 4.69) is 5.32 Å². The molecule has 0 aromatic heterocycles. The molecule has 1 N–H and O–H groups in total. The third-order valence-electron chi connectivity index (χ3n) is 4.04. The molecule has 7 nitrogen and oxygen atoms in total. The molecule has 0 spiro atoms. The average Bonchev–Trinajstić information content (AvgIpc) is 2.54. The number of methoxy groups -OCH3 is 1. The number of nitro benzene ring substituents is 1. The zero-order valence-corrected chi connectivity index (χ0v) is 13.4. The molecule has 0 heterocycles. The number of benzene rings is 1. The Balaban J connectivity index is 2.33. The van der Waals surface area contributed by atoms with Crippen molar-refractivity contribution >= 4 is 29.2 Å². The lowest BCUT2D eigenvalue weighted by Crippen LogP contribution is -2.56. The molecule has 8 heteroatoms. The first-order chi connectivity index (χ1) is 10.9. The number of hydrogen-bond acceptors (Lipinski definition) is 5. The highest BCUT2D eigenvalue weighted by molar-refractivity contribution is 6.31. The Labute approximate surface area is 138 Å². The van der Waals surface area contributed by atoms with Crippen molar-refractivity contribution in [1.29, 1.82) is 0 Å². The molecule has 0 unspecified atom stereocenters. The molecule has 1 amide bonds. The first kappa shape index (κ1) is 17.2. The van der Waals surface area contributed by atoms with Gasteiger partial charge in [-0.15, -0.1) is 0 Å². The van der Waals surface area contributed by atoms with Crippen molar-refractivity contribution in [1.82, 2.24) is 5.32 Å². The number of nitrogens with zero attached hydrogens (tertiary/aromatic N) is 1. The molecule has 0 bridgehead atoms. The van der Waals surface area contributed by atoms with E-state index in [9.17, 15) is 19.7 Å². The van der Waals surface area contributed by atoms with Gasteiger partial charge in [-0.05, 0) is 25.0 Å². The van der Waals surface area contributed by atoms with Gasteiger partial charge in [-0.3, -0.25) is 14.9 Å². The predicted octanol–water partition coefficient (Wildman–Crippen LogP) is 2.85. The van der Waals surface area contributed by atoms with Gasteiger partial charge in [0, 0.05) is 11.1 Å². The third-order valence-corrected chi connectivity index (χ3v) is 4.27. The summed E-state index contributed by atoms with van der Waals surface area (Å²) in [4.78, 5) is 35.1. The van der Waals surface area contributed by atoms with Gasteiger partial charge in [-0.1, -0.05) is 30.9 Å². The molecular weight excluding hydrogens is 324 g/mol. The second-order valence-corrected chi connectivity index (χ2v) is 5.94. The number of ether oxygens (including phenoxy) is 1. The number of nitro groups is 1. The van der Waals surface area contributed by atoms with Crippen LogP contribution in [0.5, 0.6) is 0 Å². The molecule has 0 aliphatic heterocycles. The van der Waals surface area contributed by atoms with Crippen LogP contribution in [0, 0.1) is 10.1 Å². The standard InChI is InChI=1S/C15H17ClN2O5/c1-23-14(20)15(7-3-2-4-8-15)17-13(19)11-6-5-10(16)9-12(11)18(21)22/h5-6,9H,2-4,7-8H2,1H3,(H,17,19). The van der Waals surface area contributed by atoms with Crippen molar-refractivity contribution < 1.29 is 19.2 Å². The van der Waals surface area contributed by atoms with E-state index in [-0.39, 0.29) is 10.6 Å². The van der Waals surface area contributed by atoms with E-state index in [0.29, 0.717) is 12.8 Å². The second-order valence-electron chi connectivity index (χ2n) is 5.51. The summed E-state index contributed by atoms with van der Waals surface area (Å²) in [5, 5.41) is 13.9. The number of nitrogens with one attached hydrogen (secondary N) is 1. The Morgan fingerprint density at radius 3 is 2.52 bits per heavy atom. The molecular formula is C15H17ClN2O5. The minimum atomic E-state index is -1.13. The van der Waals surface area contributed by atoms with E-state index >= 15 is 0 Å². The predicted molar refractivity (Wildman–Crippen MR) is 83.4 cm³/mol. The van der Waals surface area contributed by atoms with Crippen LogP contribution in [0.1, 0.15) is 42.5 Å². The summed E-state index contributed by atoms with van der Waals surface area (Å²) >= 11 is 5.75. The van der Waals surface area contributed by atoms with Gasteiger partial charge in [-0.25, -0.2) is 4.79 Å². The molecule has 1 aromatic rings. The molecule has 1 aliphatic rings. The van der Waals surface area contributed by atoms with E-state index in [1.165, 1.54) is 19.2 Å². The van der Waals surface area contributed by atoms with Crippen LogP contribution >= 0.6 is 11.6 Å². The molecule has 1 fully saturated rings. The van der Waals surface area contributed by atoms with Crippen LogP contribution in [0.2, 0.25) is 5.02 Å². The van der Waals surface area contributed by atoms with E-state index in [4.69, 9.17) is 16.3 Å². The highest BCUT2D eigenvalue weighted by Crippen LogP contribution is 2.31. The van der Waals surface area contributed by atoms with Crippen LogP contribution in [0.4, 0.5) is 5.69 Å². The van der Waals surface area contributed by atoms with Crippen LogP contribution < -0.4 is 5.32 Å². The van der Waals surface area contributed by atoms with Gasteiger partial charge in [0.2, 0.25) is 0 Å². The Hall–Kier alpha value is -2.15. The van der Waals surface area contributed by atoms with E-state index in [0.717, 1.165) is 25.3 Å². The third kappa shape index (κ3) is 3.61. The maximum atomic E-state index is 12.5. The molecule has 1 aliphatic carbocycles. The quantitative estimate of drug-likeness (QED) is 0.516. The van der Waals surface area contributed by atoms with Gasteiger partial charge < -0.3 is 10.1 Å². The first-order valence-electron chi connectivity index (χ1n) is 7.24. The summed E-state index contributed by atoms with van der Waals surface area (Å²) in [7, 11) is 1.26. The van der Waals surface area contributed by atoms with Crippen LogP contribution in [-0.4, -0.2) is 29.4 Å². The summed E-state index contributed by atoms with van der Waals surface area (Å²) in [6.07, 6.45) is 3.42. The van der Waals surface area contributed by atoms with Crippen molar-refractivity contribution in [2.45, 2.75) is 37.6 Å². The summed E-state index contributed by atoms with van der Waals surface area (Å²) in [6, 6.07) is 3.79. The minimum absolute atomic E-state index is 0.131. The monoisotopic (exact) mass is 340 g/mol. The molecule has 1 saturated carbocycles. The Morgan fingerprint density at radius 2 is 1.96 bits per heavy atom. The number of hydrogen-bond donors (Lipinski definition) is 1. The molecule has 23 heavy (non-hydrogen) atoms. The lowest BCUT2D eigenvalue weighted by Gasteiger charge is -2.35. The number of esters is 1. The van der Waals surface area contributed by atoms with Crippen molar-refractivity contribution in [2.75, 3.05) is 7.11 Å². The minimum Gasteiger partial charge on any atom is -0.467 e. The summed E-state index contributed by atoms with van der Waals surface area (Å²) in [5.74, 6) is -1.21. The smallest absolute Gasteiger partial charge is 0.331 e.